The van der Waals surface area contributed by atoms with Crippen LogP contribution < -0.4 is 0 Å². The second-order valence-corrected chi connectivity index (χ2v) is 9.17. The molecule has 10 heteroatoms. The van der Waals surface area contributed by atoms with Crippen molar-refractivity contribution >= 4 is 0 Å². The second-order valence-electron chi connectivity index (χ2n) is 9.17. The van der Waals surface area contributed by atoms with Crippen molar-refractivity contribution in [3.05, 3.63) is 25.3 Å². The van der Waals surface area contributed by atoms with Crippen LogP contribution in [0.2, 0.25) is 0 Å². The minimum atomic E-state index is 0.340. The molecular weight excluding hydrogens is 508 g/mol. The lowest BCUT2D eigenvalue weighted by molar-refractivity contribution is -0.0254. The van der Waals surface area contributed by atoms with Gasteiger partial charge in [0.2, 0.25) is 0 Å². The minimum Gasteiger partial charge on any atom is -0.382 e. The molecule has 4 atom stereocenters. The molecule has 230 valence electrons. The van der Waals surface area contributed by atoms with Gasteiger partial charge >= 0.3 is 0 Å². The maximum atomic E-state index is 5.99. The molecule has 0 saturated heterocycles. The first-order valence-corrected chi connectivity index (χ1v) is 14.1. The monoisotopic (exact) mass is 562 g/mol. The van der Waals surface area contributed by atoms with E-state index in [4.69, 9.17) is 47.4 Å². The highest BCUT2D eigenvalue weighted by Crippen LogP contribution is 2.43. The van der Waals surface area contributed by atoms with Crippen LogP contribution in [0.25, 0.3) is 0 Å². The highest BCUT2D eigenvalue weighted by molar-refractivity contribution is 5.02. The summed E-state index contributed by atoms with van der Waals surface area (Å²) in [6, 6.07) is 0. The van der Waals surface area contributed by atoms with E-state index in [0.717, 1.165) is 6.42 Å². The molecule has 1 rings (SSSR count). The van der Waals surface area contributed by atoms with Gasteiger partial charge in [-0.2, -0.15) is 0 Å². The molecule has 0 heterocycles. The van der Waals surface area contributed by atoms with Crippen LogP contribution in [0.1, 0.15) is 6.42 Å². The van der Waals surface area contributed by atoms with Crippen molar-refractivity contribution in [3.8, 4) is 0 Å². The largest absolute Gasteiger partial charge is 0.382 e. The molecule has 0 aromatic rings. The van der Waals surface area contributed by atoms with Gasteiger partial charge in [-0.15, -0.1) is 13.2 Å². The predicted octanol–water partition coefficient (Wildman–Crippen LogP) is 2.65. The highest BCUT2D eigenvalue weighted by Gasteiger charge is 2.40. The summed E-state index contributed by atoms with van der Waals surface area (Å²) < 4.78 is 54.7. The summed E-state index contributed by atoms with van der Waals surface area (Å²) in [7, 11) is 3.31. The average Bonchev–Trinajstić information content (AvgIpc) is 3.30. The molecule has 10 nitrogen and oxygen atoms in total. The highest BCUT2D eigenvalue weighted by atomic mass is 16.6. The summed E-state index contributed by atoms with van der Waals surface area (Å²) in [4.78, 5) is 0. The Hall–Kier alpha value is -0.920. The Morgan fingerprint density at radius 1 is 0.436 bits per heavy atom. The fourth-order valence-electron chi connectivity index (χ4n) is 4.38. The summed E-state index contributed by atoms with van der Waals surface area (Å²) in [6.07, 6.45) is 5.12. The second kappa shape index (κ2) is 27.3. The van der Waals surface area contributed by atoms with Gasteiger partial charge in [-0.3, -0.25) is 0 Å². The Balaban J connectivity index is 2.10. The lowest BCUT2D eigenvalue weighted by atomic mass is 9.88. The fourth-order valence-corrected chi connectivity index (χ4v) is 4.38. The van der Waals surface area contributed by atoms with E-state index in [-0.39, 0.29) is 0 Å². The van der Waals surface area contributed by atoms with E-state index in [1.54, 1.807) is 14.2 Å². The van der Waals surface area contributed by atoms with E-state index < -0.39 is 0 Å². The minimum absolute atomic E-state index is 0.340. The maximum Gasteiger partial charge on any atom is 0.0701 e. The smallest absolute Gasteiger partial charge is 0.0701 e. The molecule has 0 aromatic heterocycles. The van der Waals surface area contributed by atoms with Crippen molar-refractivity contribution in [2.24, 2.45) is 23.7 Å². The van der Waals surface area contributed by atoms with Gasteiger partial charge < -0.3 is 47.4 Å². The summed E-state index contributed by atoms with van der Waals surface area (Å²) >= 11 is 0. The molecule has 1 fully saturated rings. The molecular formula is C29H54O10. The van der Waals surface area contributed by atoms with Crippen molar-refractivity contribution in [3.63, 3.8) is 0 Å². The van der Waals surface area contributed by atoms with E-state index >= 15 is 0 Å². The SMILES string of the molecule is C=CC1CC(C=C)C(COCCOCCOCCOCCOC)C1COCCOCCOCCOCCOC. The first-order chi connectivity index (χ1) is 19.3. The number of hydrogen-bond donors (Lipinski definition) is 0. The number of rotatable bonds is 30. The summed E-state index contributed by atoms with van der Waals surface area (Å²) in [5.41, 5.74) is 0. The van der Waals surface area contributed by atoms with E-state index in [1.807, 2.05) is 12.2 Å². The molecule has 0 aliphatic heterocycles. The van der Waals surface area contributed by atoms with E-state index in [2.05, 4.69) is 13.2 Å². The van der Waals surface area contributed by atoms with Gasteiger partial charge in [0, 0.05) is 14.2 Å². The van der Waals surface area contributed by atoms with Crippen LogP contribution in [0.4, 0.5) is 0 Å². The molecule has 1 aliphatic rings. The third-order valence-electron chi connectivity index (χ3n) is 6.52. The maximum absolute atomic E-state index is 5.99. The third-order valence-corrected chi connectivity index (χ3v) is 6.52. The van der Waals surface area contributed by atoms with Crippen molar-refractivity contribution in [1.82, 2.24) is 0 Å². The Morgan fingerprint density at radius 3 is 0.949 bits per heavy atom. The lowest BCUT2D eigenvalue weighted by Crippen LogP contribution is -2.27. The van der Waals surface area contributed by atoms with Crippen LogP contribution in [0.3, 0.4) is 0 Å². The van der Waals surface area contributed by atoms with Crippen LogP contribution in [0, 0.1) is 23.7 Å². The molecule has 0 amide bonds. The number of hydrogen-bond acceptors (Lipinski definition) is 10. The van der Waals surface area contributed by atoms with Crippen molar-refractivity contribution in [2.75, 3.05) is 133 Å². The van der Waals surface area contributed by atoms with Crippen LogP contribution in [-0.2, 0) is 47.4 Å². The van der Waals surface area contributed by atoms with E-state index in [1.165, 1.54) is 0 Å². The Bertz CT molecular complexity index is 504. The molecule has 39 heavy (non-hydrogen) atoms. The van der Waals surface area contributed by atoms with Gasteiger partial charge in [0.05, 0.1) is 119 Å². The zero-order valence-corrected chi connectivity index (χ0v) is 24.4. The van der Waals surface area contributed by atoms with Crippen molar-refractivity contribution in [2.45, 2.75) is 6.42 Å². The van der Waals surface area contributed by atoms with Crippen LogP contribution in [0.15, 0.2) is 25.3 Å². The Labute approximate surface area is 236 Å². The molecule has 0 aromatic carbocycles. The lowest BCUT2D eigenvalue weighted by Gasteiger charge is -2.25. The first-order valence-electron chi connectivity index (χ1n) is 14.1. The molecule has 0 spiro atoms. The molecule has 1 aliphatic carbocycles. The van der Waals surface area contributed by atoms with Gasteiger partial charge in [0.15, 0.2) is 0 Å². The summed E-state index contributed by atoms with van der Waals surface area (Å²) in [5, 5.41) is 0. The molecule has 0 radical (unpaired) electrons. The average molecular weight is 563 g/mol. The van der Waals surface area contributed by atoms with Gasteiger partial charge in [-0.25, -0.2) is 0 Å². The number of allylic oxidation sites excluding steroid dienone is 2. The molecule has 4 unspecified atom stereocenters. The Morgan fingerprint density at radius 2 is 0.692 bits per heavy atom. The molecule has 0 N–H and O–H groups in total. The van der Waals surface area contributed by atoms with Gasteiger partial charge in [0.1, 0.15) is 0 Å². The number of methoxy groups -OCH3 is 2. The zero-order chi connectivity index (χ0) is 28.2. The summed E-state index contributed by atoms with van der Waals surface area (Å²) in [6.45, 7) is 18.3. The normalized spacial score (nSPS) is 21.0. The Kier molecular flexibility index (Phi) is 25.2. The van der Waals surface area contributed by atoms with Gasteiger partial charge in [-0.05, 0) is 30.1 Å². The van der Waals surface area contributed by atoms with Gasteiger partial charge in [0.25, 0.3) is 0 Å². The zero-order valence-electron chi connectivity index (χ0n) is 24.4. The molecule has 1 saturated carbocycles. The predicted molar refractivity (Wildman–Crippen MR) is 149 cm³/mol. The van der Waals surface area contributed by atoms with Crippen LogP contribution in [-0.4, -0.2) is 133 Å². The first kappa shape index (κ1) is 36.1. The van der Waals surface area contributed by atoms with E-state index in [9.17, 15) is 0 Å². The quantitative estimate of drug-likeness (QED) is 0.0961. The topological polar surface area (TPSA) is 92.3 Å². The van der Waals surface area contributed by atoms with Gasteiger partial charge in [-0.1, -0.05) is 12.2 Å². The standard InChI is InChI=1S/C29H54O10/c1-5-26-23-27(6-2)29(25-39-22-20-37-18-16-35-14-12-33-10-8-31-4)28(26)24-38-21-19-36-17-15-34-13-11-32-9-7-30-3/h5-6,26-29H,1-2,7-25H2,3-4H3. The van der Waals surface area contributed by atoms with E-state index in [0.29, 0.717) is 143 Å². The fraction of sp³-hybridized carbons (Fsp3) is 0.862. The molecule has 0 bridgehead atoms. The van der Waals surface area contributed by atoms with Crippen molar-refractivity contribution in [1.29, 1.82) is 0 Å². The van der Waals surface area contributed by atoms with Crippen LogP contribution >= 0.6 is 0 Å². The number of ether oxygens (including phenoxy) is 10. The summed E-state index contributed by atoms with van der Waals surface area (Å²) in [5.74, 6) is 1.45. The van der Waals surface area contributed by atoms with Crippen molar-refractivity contribution < 1.29 is 47.4 Å². The third kappa shape index (κ3) is 18.9. The van der Waals surface area contributed by atoms with Crippen LogP contribution in [0.5, 0.6) is 0 Å².